The van der Waals surface area contributed by atoms with E-state index in [0.29, 0.717) is 11.0 Å². The van der Waals surface area contributed by atoms with Gasteiger partial charge in [0.2, 0.25) is 0 Å². The molecule has 1 aliphatic heterocycles. The zero-order valence-electron chi connectivity index (χ0n) is 16.3. The standard InChI is InChI=1S/C10H10O2.C8H10ClN5O3S/c1-12-10(11)8-7-9-5-3-2-4-6-9;1-12-4-17-5-13(8(12)11-14(15)16)3-6-2-10-7(9)18-6/h2-8H,1H3;2H,3-5H2,1H3/b8-7+;11-8+. The normalized spacial score (nSPS) is 15.1. The molecule has 160 valence electrons. The number of thiazole rings is 1. The van der Waals surface area contributed by atoms with E-state index in [1.165, 1.54) is 24.5 Å². The molecule has 1 aliphatic rings. The van der Waals surface area contributed by atoms with Crippen LogP contribution in [0, 0.1) is 10.1 Å². The topological polar surface area (TPSA) is 110 Å². The summed E-state index contributed by atoms with van der Waals surface area (Å²) in [5, 5.41) is 13.2. The number of nitro groups is 1. The number of methoxy groups -OCH3 is 1. The third-order valence-electron chi connectivity index (χ3n) is 3.61. The number of halogens is 1. The Kier molecular flexibility index (Phi) is 9.19. The second-order valence-corrected chi connectivity index (χ2v) is 7.54. The van der Waals surface area contributed by atoms with Crippen LogP contribution >= 0.6 is 22.9 Å². The molecule has 0 aliphatic carbocycles. The lowest BCUT2D eigenvalue weighted by molar-refractivity contribution is -0.486. The van der Waals surface area contributed by atoms with Gasteiger partial charge < -0.3 is 19.3 Å². The van der Waals surface area contributed by atoms with E-state index in [9.17, 15) is 14.9 Å². The fourth-order valence-corrected chi connectivity index (χ4v) is 3.31. The maximum atomic E-state index is 10.7. The predicted molar refractivity (Wildman–Crippen MR) is 113 cm³/mol. The second kappa shape index (κ2) is 11.9. The Labute approximate surface area is 182 Å². The SMILES string of the molecule is CN1COCN(Cc2cnc(Cl)s2)/C1=N/[N+](=O)[O-].COC(=O)/C=C/c1ccccc1. The second-order valence-electron chi connectivity index (χ2n) is 5.84. The lowest BCUT2D eigenvalue weighted by Gasteiger charge is -2.34. The van der Waals surface area contributed by atoms with Gasteiger partial charge in [-0.05, 0) is 11.6 Å². The van der Waals surface area contributed by atoms with E-state index >= 15 is 0 Å². The molecule has 1 saturated heterocycles. The van der Waals surface area contributed by atoms with Crippen LogP contribution in [-0.4, -0.2) is 59.4 Å². The minimum atomic E-state index is -0.718. The van der Waals surface area contributed by atoms with E-state index in [-0.39, 0.29) is 25.4 Å². The number of guanidine groups is 1. The van der Waals surface area contributed by atoms with Gasteiger partial charge in [0.1, 0.15) is 18.6 Å². The summed E-state index contributed by atoms with van der Waals surface area (Å²) < 4.78 is 10.2. The van der Waals surface area contributed by atoms with Crippen molar-refractivity contribution >= 4 is 40.9 Å². The zero-order valence-corrected chi connectivity index (χ0v) is 17.9. The number of esters is 1. The quantitative estimate of drug-likeness (QED) is 0.294. The van der Waals surface area contributed by atoms with Crippen LogP contribution in [0.15, 0.2) is 47.7 Å². The number of nitrogens with zero attached hydrogens (tertiary/aromatic N) is 5. The van der Waals surface area contributed by atoms with Crippen LogP contribution in [0.3, 0.4) is 0 Å². The van der Waals surface area contributed by atoms with Gasteiger partial charge in [0.25, 0.3) is 5.96 Å². The van der Waals surface area contributed by atoms with Crippen LogP contribution in [0.1, 0.15) is 10.4 Å². The van der Waals surface area contributed by atoms with Crippen LogP contribution in [0.2, 0.25) is 4.47 Å². The smallest absolute Gasteiger partial charge is 0.330 e. The van der Waals surface area contributed by atoms with Crippen molar-refractivity contribution in [2.75, 3.05) is 27.6 Å². The van der Waals surface area contributed by atoms with Crippen LogP contribution in [0.5, 0.6) is 0 Å². The number of rotatable bonds is 5. The molecule has 1 aromatic heterocycles. The number of aromatic nitrogens is 1. The van der Waals surface area contributed by atoms with Crippen molar-refractivity contribution < 1.29 is 19.3 Å². The summed E-state index contributed by atoms with van der Waals surface area (Å²) in [5.41, 5.74) is 0.989. The lowest BCUT2D eigenvalue weighted by atomic mass is 10.2. The molecule has 0 atom stereocenters. The molecule has 2 heterocycles. The van der Waals surface area contributed by atoms with E-state index in [1.807, 2.05) is 30.3 Å². The summed E-state index contributed by atoms with van der Waals surface area (Å²) in [6, 6.07) is 9.59. The van der Waals surface area contributed by atoms with Crippen molar-refractivity contribution in [1.82, 2.24) is 14.8 Å². The largest absolute Gasteiger partial charge is 0.466 e. The van der Waals surface area contributed by atoms with Crippen molar-refractivity contribution in [1.29, 1.82) is 0 Å². The van der Waals surface area contributed by atoms with Crippen LogP contribution < -0.4 is 0 Å². The minimum absolute atomic E-state index is 0.243. The van der Waals surface area contributed by atoms with Gasteiger partial charge in [-0.25, -0.2) is 19.9 Å². The van der Waals surface area contributed by atoms with Gasteiger partial charge >= 0.3 is 5.97 Å². The molecule has 3 rings (SSSR count). The van der Waals surface area contributed by atoms with Gasteiger partial charge in [-0.15, -0.1) is 11.3 Å². The summed E-state index contributed by atoms with van der Waals surface area (Å²) in [6.07, 6.45) is 4.74. The fraction of sp³-hybridized carbons (Fsp3) is 0.278. The highest BCUT2D eigenvalue weighted by molar-refractivity contribution is 7.15. The van der Waals surface area contributed by atoms with Crippen molar-refractivity contribution in [2.24, 2.45) is 5.10 Å². The van der Waals surface area contributed by atoms with Crippen LogP contribution in [0.25, 0.3) is 6.08 Å². The molecule has 0 unspecified atom stereocenters. The molecule has 0 bridgehead atoms. The highest BCUT2D eigenvalue weighted by atomic mass is 35.5. The Hall–Kier alpha value is -3.02. The lowest BCUT2D eigenvalue weighted by Crippen LogP contribution is -2.49. The number of ether oxygens (including phenoxy) is 2. The first-order valence-corrected chi connectivity index (χ1v) is 9.76. The Morgan fingerprint density at radius 3 is 2.77 bits per heavy atom. The summed E-state index contributed by atoms with van der Waals surface area (Å²) >= 11 is 7.05. The zero-order chi connectivity index (χ0) is 21.9. The molecule has 1 aromatic carbocycles. The van der Waals surface area contributed by atoms with Crippen LogP contribution in [0.4, 0.5) is 0 Å². The summed E-state index contributed by atoms with van der Waals surface area (Å²) in [4.78, 5) is 29.2. The van der Waals surface area contributed by atoms with Gasteiger partial charge in [-0.1, -0.05) is 41.9 Å². The van der Waals surface area contributed by atoms with E-state index in [1.54, 1.807) is 29.1 Å². The first-order chi connectivity index (χ1) is 14.4. The third-order valence-corrected chi connectivity index (χ3v) is 4.71. The fourth-order valence-electron chi connectivity index (χ4n) is 2.32. The molecular weight excluding hydrogens is 434 g/mol. The van der Waals surface area contributed by atoms with E-state index in [0.717, 1.165) is 10.4 Å². The van der Waals surface area contributed by atoms with Crippen LogP contribution in [-0.2, 0) is 20.8 Å². The number of benzene rings is 1. The number of hydrogen-bond acceptors (Lipinski definition) is 7. The van der Waals surface area contributed by atoms with E-state index < -0.39 is 5.03 Å². The number of carbonyl (C=O) groups excluding carboxylic acids is 1. The maximum Gasteiger partial charge on any atom is 0.330 e. The van der Waals surface area contributed by atoms with Crippen molar-refractivity contribution in [3.05, 3.63) is 67.6 Å². The molecule has 1 fully saturated rings. The highest BCUT2D eigenvalue weighted by Crippen LogP contribution is 2.20. The average molecular weight is 454 g/mol. The average Bonchev–Trinajstić information content (AvgIpc) is 3.14. The Bertz CT molecular complexity index is 905. The first-order valence-electron chi connectivity index (χ1n) is 8.57. The Morgan fingerprint density at radius 2 is 2.17 bits per heavy atom. The predicted octanol–water partition coefficient (Wildman–Crippen LogP) is 2.90. The molecule has 0 amide bonds. The summed E-state index contributed by atoms with van der Waals surface area (Å²) in [7, 11) is 3.03. The molecule has 2 aromatic rings. The monoisotopic (exact) mass is 453 g/mol. The molecule has 0 N–H and O–H groups in total. The van der Waals surface area contributed by atoms with Gasteiger partial charge in [-0.2, -0.15) is 0 Å². The third kappa shape index (κ3) is 7.78. The van der Waals surface area contributed by atoms with Gasteiger partial charge in [0.15, 0.2) is 9.50 Å². The molecule has 30 heavy (non-hydrogen) atoms. The Morgan fingerprint density at radius 1 is 1.43 bits per heavy atom. The highest BCUT2D eigenvalue weighted by Gasteiger charge is 2.25. The number of hydrogen-bond donors (Lipinski definition) is 0. The van der Waals surface area contributed by atoms with Gasteiger partial charge in [0.05, 0.1) is 13.7 Å². The Balaban J connectivity index is 0.000000232. The van der Waals surface area contributed by atoms with Crippen molar-refractivity contribution in [2.45, 2.75) is 6.54 Å². The summed E-state index contributed by atoms with van der Waals surface area (Å²) in [6.45, 7) is 0.931. The molecule has 0 spiro atoms. The van der Waals surface area contributed by atoms with Crippen molar-refractivity contribution in [3.63, 3.8) is 0 Å². The number of hydrazone groups is 1. The maximum absolute atomic E-state index is 10.7. The van der Waals surface area contributed by atoms with Gasteiger partial charge in [0, 0.05) is 24.2 Å². The molecule has 0 radical (unpaired) electrons. The van der Waals surface area contributed by atoms with E-state index in [2.05, 4.69) is 14.8 Å². The molecule has 10 nitrogen and oxygen atoms in total. The number of carbonyl (C=O) groups is 1. The molecular formula is C18H20ClN5O5S. The van der Waals surface area contributed by atoms with E-state index in [4.69, 9.17) is 16.3 Å². The van der Waals surface area contributed by atoms with Gasteiger partial charge in [-0.3, -0.25) is 0 Å². The first kappa shape index (κ1) is 23.3. The molecule has 0 saturated carbocycles. The molecule has 12 heteroatoms. The van der Waals surface area contributed by atoms with Crippen molar-refractivity contribution in [3.8, 4) is 0 Å². The summed E-state index contributed by atoms with van der Waals surface area (Å²) in [5.74, 6) is -0.0744. The minimum Gasteiger partial charge on any atom is -0.466 e.